The van der Waals surface area contributed by atoms with E-state index in [1.165, 1.54) is 0 Å². The highest BCUT2D eigenvalue weighted by atomic mass is 16.7. The minimum Gasteiger partial charge on any atom is -0.358 e. The molecule has 4 heteroatoms. The van der Waals surface area contributed by atoms with Crippen molar-refractivity contribution in [2.45, 2.75) is 24.4 Å². The lowest BCUT2D eigenvalue weighted by molar-refractivity contribution is -0.146. The van der Waals surface area contributed by atoms with Gasteiger partial charge in [-0.15, -0.1) is 0 Å². The van der Waals surface area contributed by atoms with Crippen molar-refractivity contribution in [3.05, 3.63) is 108 Å². The average Bonchev–Trinajstić information content (AvgIpc) is 3.16. The molecule has 3 aromatic carbocycles. The number of benzene rings is 3. The molecule has 148 valence electrons. The zero-order chi connectivity index (χ0) is 20.1. The summed E-state index contributed by atoms with van der Waals surface area (Å²) < 4.78 is 17.6. The third-order valence-electron chi connectivity index (χ3n) is 5.30. The number of ether oxygens (including phenoxy) is 3. The number of ketones is 1. The summed E-state index contributed by atoms with van der Waals surface area (Å²) >= 11 is 0. The Morgan fingerprint density at radius 3 is 1.66 bits per heavy atom. The number of hydrogen-bond acceptors (Lipinski definition) is 4. The molecule has 0 radical (unpaired) electrons. The summed E-state index contributed by atoms with van der Waals surface area (Å²) in [5.41, 5.74) is 2.11. The van der Waals surface area contributed by atoms with Crippen molar-refractivity contribution in [1.82, 2.24) is 0 Å². The lowest BCUT2D eigenvalue weighted by Gasteiger charge is -2.36. The van der Waals surface area contributed by atoms with Crippen LogP contribution in [-0.2, 0) is 24.6 Å². The molecule has 0 aromatic heterocycles. The van der Waals surface area contributed by atoms with Crippen LogP contribution in [0.5, 0.6) is 0 Å². The first kappa shape index (κ1) is 19.5. The summed E-state index contributed by atoms with van der Waals surface area (Å²) in [7, 11) is 1.55. The minimum absolute atomic E-state index is 0.0000602. The zero-order valence-corrected chi connectivity index (χ0v) is 16.4. The van der Waals surface area contributed by atoms with Crippen LogP contribution in [0.1, 0.15) is 23.1 Å². The van der Waals surface area contributed by atoms with Crippen LogP contribution in [0.15, 0.2) is 91.0 Å². The molecule has 4 nitrogen and oxygen atoms in total. The molecule has 0 unspecified atom stereocenters. The summed E-state index contributed by atoms with van der Waals surface area (Å²) in [6, 6.07) is 30.2. The lowest BCUT2D eigenvalue weighted by Crippen LogP contribution is -2.37. The first-order chi connectivity index (χ1) is 14.2. The van der Waals surface area contributed by atoms with Gasteiger partial charge in [0.05, 0.1) is 13.0 Å². The fourth-order valence-electron chi connectivity index (χ4n) is 3.84. The third-order valence-corrected chi connectivity index (χ3v) is 5.30. The summed E-state index contributed by atoms with van der Waals surface area (Å²) in [4.78, 5) is 12.4. The zero-order valence-electron chi connectivity index (χ0n) is 16.4. The Kier molecular flexibility index (Phi) is 5.86. The summed E-state index contributed by atoms with van der Waals surface area (Å²) in [6.07, 6.45) is -0.898. The molecule has 2 atom stereocenters. The van der Waals surface area contributed by atoms with Crippen LogP contribution in [0, 0.1) is 0 Å². The van der Waals surface area contributed by atoms with E-state index in [0.717, 1.165) is 16.7 Å². The number of Topliss-reactive ketones (excluding diaryl/α,β-unsaturated/α-hetero) is 1. The highest BCUT2D eigenvalue weighted by Crippen LogP contribution is 2.40. The van der Waals surface area contributed by atoms with Crippen molar-refractivity contribution < 1.29 is 19.0 Å². The largest absolute Gasteiger partial charge is 0.358 e. The molecule has 1 aliphatic heterocycles. The van der Waals surface area contributed by atoms with Crippen LogP contribution in [0.4, 0.5) is 0 Å². The molecule has 4 rings (SSSR count). The van der Waals surface area contributed by atoms with E-state index in [4.69, 9.17) is 14.2 Å². The predicted octanol–water partition coefficient (Wildman–Crippen LogP) is 4.33. The van der Waals surface area contributed by atoms with E-state index < -0.39 is 18.0 Å². The van der Waals surface area contributed by atoms with Gasteiger partial charge in [0.15, 0.2) is 12.1 Å². The average molecular weight is 388 g/mol. The summed E-state index contributed by atoms with van der Waals surface area (Å²) in [6.45, 7) is 0.136. The van der Waals surface area contributed by atoms with Crippen LogP contribution >= 0.6 is 0 Å². The fourth-order valence-corrected chi connectivity index (χ4v) is 3.84. The van der Waals surface area contributed by atoms with Crippen LogP contribution in [0.2, 0.25) is 0 Å². The summed E-state index contributed by atoms with van der Waals surface area (Å²) in [5, 5.41) is 0. The maximum atomic E-state index is 12.4. The fraction of sp³-hybridized carbons (Fsp3) is 0.240. The number of carbonyl (C=O) groups is 1. The Bertz CT molecular complexity index is 828. The number of hydrogen-bond donors (Lipinski definition) is 0. The van der Waals surface area contributed by atoms with E-state index in [9.17, 15) is 4.79 Å². The first-order valence-electron chi connectivity index (χ1n) is 9.75. The Hall–Kier alpha value is -2.79. The molecule has 3 aromatic rings. The SMILES string of the molecule is CO[C@H]1CC(=O)[C@@H](COC(c2ccccc2)(c2ccccc2)c2ccccc2)O1. The standard InChI is InChI=1S/C25H24O4/c1-27-24-17-22(26)23(29-24)18-28-25(19-11-5-2-6-12-19,20-13-7-3-8-14-20)21-15-9-4-10-16-21/h2-16,23-24H,17-18H2,1H3/t23-,24-/m1/s1. The lowest BCUT2D eigenvalue weighted by atomic mass is 9.80. The molecule has 0 amide bonds. The van der Waals surface area contributed by atoms with Crippen molar-refractivity contribution in [2.75, 3.05) is 13.7 Å². The topological polar surface area (TPSA) is 44.8 Å². The van der Waals surface area contributed by atoms with E-state index in [1.807, 2.05) is 54.6 Å². The van der Waals surface area contributed by atoms with Crippen molar-refractivity contribution in [2.24, 2.45) is 0 Å². The van der Waals surface area contributed by atoms with E-state index in [2.05, 4.69) is 36.4 Å². The van der Waals surface area contributed by atoms with Gasteiger partial charge in [-0.25, -0.2) is 0 Å². The Morgan fingerprint density at radius 2 is 1.28 bits per heavy atom. The van der Waals surface area contributed by atoms with Crippen LogP contribution in [0.25, 0.3) is 0 Å². The predicted molar refractivity (Wildman–Crippen MR) is 110 cm³/mol. The van der Waals surface area contributed by atoms with Gasteiger partial charge in [-0.2, -0.15) is 0 Å². The second-order valence-corrected chi connectivity index (χ2v) is 7.05. The highest BCUT2D eigenvalue weighted by Gasteiger charge is 2.41. The Morgan fingerprint density at radius 1 is 0.828 bits per heavy atom. The molecule has 1 aliphatic rings. The van der Waals surface area contributed by atoms with Crippen LogP contribution in [0.3, 0.4) is 0 Å². The summed E-state index contributed by atoms with van der Waals surface area (Å²) in [5.74, 6) is -0.0000602. The quantitative estimate of drug-likeness (QED) is 0.565. The Labute approximate surface area is 171 Å². The van der Waals surface area contributed by atoms with Gasteiger partial charge >= 0.3 is 0 Å². The molecule has 0 aliphatic carbocycles. The maximum absolute atomic E-state index is 12.4. The van der Waals surface area contributed by atoms with Gasteiger partial charge in [0.2, 0.25) is 0 Å². The van der Waals surface area contributed by atoms with E-state index in [0.29, 0.717) is 0 Å². The monoisotopic (exact) mass is 388 g/mol. The highest BCUT2D eigenvalue weighted by molar-refractivity contribution is 5.85. The minimum atomic E-state index is -0.863. The van der Waals surface area contributed by atoms with Crippen molar-refractivity contribution in [3.63, 3.8) is 0 Å². The molecular weight excluding hydrogens is 364 g/mol. The molecule has 0 bridgehead atoms. The molecule has 1 fully saturated rings. The van der Waals surface area contributed by atoms with Gasteiger partial charge in [-0.05, 0) is 16.7 Å². The van der Waals surface area contributed by atoms with Crippen LogP contribution in [-0.4, -0.2) is 31.9 Å². The smallest absolute Gasteiger partial charge is 0.169 e. The van der Waals surface area contributed by atoms with Crippen molar-refractivity contribution >= 4 is 5.78 Å². The molecule has 1 heterocycles. The molecule has 1 saturated heterocycles. The van der Waals surface area contributed by atoms with Gasteiger partial charge in [0, 0.05) is 7.11 Å². The molecule has 0 spiro atoms. The number of carbonyl (C=O) groups excluding carboxylic acids is 1. The van der Waals surface area contributed by atoms with E-state index in [-0.39, 0.29) is 18.8 Å². The first-order valence-corrected chi connectivity index (χ1v) is 9.75. The second kappa shape index (κ2) is 8.70. The van der Waals surface area contributed by atoms with E-state index >= 15 is 0 Å². The Balaban J connectivity index is 1.79. The number of methoxy groups -OCH3 is 1. The van der Waals surface area contributed by atoms with E-state index in [1.54, 1.807) is 7.11 Å². The molecule has 29 heavy (non-hydrogen) atoms. The van der Waals surface area contributed by atoms with Crippen LogP contribution < -0.4 is 0 Å². The van der Waals surface area contributed by atoms with Crippen molar-refractivity contribution in [3.8, 4) is 0 Å². The van der Waals surface area contributed by atoms with Crippen molar-refractivity contribution in [1.29, 1.82) is 0 Å². The normalized spacial score (nSPS) is 19.4. The third kappa shape index (κ3) is 3.87. The molecular formula is C25H24O4. The van der Waals surface area contributed by atoms with Gasteiger partial charge < -0.3 is 14.2 Å². The number of rotatable bonds is 7. The second-order valence-electron chi connectivity index (χ2n) is 7.05. The van der Waals surface area contributed by atoms with Gasteiger partial charge in [0.1, 0.15) is 11.7 Å². The molecule has 0 N–H and O–H groups in total. The maximum Gasteiger partial charge on any atom is 0.169 e. The van der Waals surface area contributed by atoms with Gasteiger partial charge in [-0.3, -0.25) is 4.79 Å². The van der Waals surface area contributed by atoms with Gasteiger partial charge in [0.25, 0.3) is 0 Å². The van der Waals surface area contributed by atoms with Gasteiger partial charge in [-0.1, -0.05) is 91.0 Å². The molecule has 0 saturated carbocycles.